The largest absolute Gasteiger partial charge is 0.399 e. The molecule has 16 heavy (non-hydrogen) atoms. The van der Waals surface area contributed by atoms with Gasteiger partial charge in [-0.05, 0) is 24.3 Å². The lowest BCUT2D eigenvalue weighted by Gasteiger charge is -2.25. The average Bonchev–Trinajstić information content (AvgIpc) is 2.31. The van der Waals surface area contributed by atoms with E-state index in [1.54, 1.807) is 12.2 Å². The number of hydrogen-bond acceptors (Lipinski definition) is 4. The van der Waals surface area contributed by atoms with E-state index in [2.05, 4.69) is 24.0 Å². The summed E-state index contributed by atoms with van der Waals surface area (Å²) in [6, 6.07) is 7.57. The number of nitrogens with zero attached hydrogens (tertiary/aromatic N) is 1. The van der Waals surface area contributed by atoms with Crippen LogP contribution in [0.1, 0.15) is 0 Å². The number of hydrogen-bond donors (Lipinski definition) is 3. The first-order valence-electron chi connectivity index (χ1n) is 5.12. The van der Waals surface area contributed by atoms with Crippen molar-refractivity contribution in [3.63, 3.8) is 0 Å². The van der Waals surface area contributed by atoms with Crippen LogP contribution in [-0.2, 0) is 0 Å². The molecule has 0 saturated heterocycles. The highest BCUT2D eigenvalue weighted by Gasteiger charge is 2.02. The molecule has 1 rings (SSSR count). The first-order valence-corrected chi connectivity index (χ1v) is 5.12. The van der Waals surface area contributed by atoms with Crippen LogP contribution in [0.15, 0.2) is 49.6 Å². The molecule has 0 radical (unpaired) electrons. The molecule has 0 amide bonds. The van der Waals surface area contributed by atoms with Crippen LogP contribution in [0.25, 0.3) is 0 Å². The first-order chi connectivity index (χ1) is 7.77. The topological polar surface area (TPSA) is 53.3 Å². The zero-order valence-electron chi connectivity index (χ0n) is 9.32. The summed E-state index contributed by atoms with van der Waals surface area (Å²) >= 11 is 0. The molecule has 1 aromatic rings. The molecule has 0 saturated carbocycles. The van der Waals surface area contributed by atoms with E-state index < -0.39 is 0 Å². The number of nitrogens with two attached hydrogens (primary N) is 1. The fraction of sp³-hybridized carbons (Fsp3) is 0.167. The second-order valence-electron chi connectivity index (χ2n) is 3.23. The quantitative estimate of drug-likeness (QED) is 0.368. The fourth-order valence-electron chi connectivity index (χ4n) is 1.17. The summed E-state index contributed by atoms with van der Waals surface area (Å²) in [6.07, 6.45) is 3.58. The van der Waals surface area contributed by atoms with Gasteiger partial charge in [0.1, 0.15) is 0 Å². The maximum absolute atomic E-state index is 5.64. The first kappa shape index (κ1) is 12.3. The van der Waals surface area contributed by atoms with Gasteiger partial charge < -0.3 is 5.73 Å². The number of anilines is 2. The smallest absolute Gasteiger partial charge is 0.0703 e. The van der Waals surface area contributed by atoms with Gasteiger partial charge in [-0.25, -0.2) is 16.0 Å². The molecule has 0 atom stereocenters. The summed E-state index contributed by atoms with van der Waals surface area (Å²) in [5.74, 6) is 0. The van der Waals surface area contributed by atoms with Crippen LogP contribution in [0.4, 0.5) is 11.4 Å². The summed E-state index contributed by atoms with van der Waals surface area (Å²) in [5.41, 5.74) is 13.7. The highest BCUT2D eigenvalue weighted by atomic mass is 15.7. The second-order valence-corrected chi connectivity index (χ2v) is 3.23. The zero-order chi connectivity index (χ0) is 11.8. The van der Waals surface area contributed by atoms with Crippen molar-refractivity contribution in [1.82, 2.24) is 10.9 Å². The third-order valence-corrected chi connectivity index (χ3v) is 1.94. The van der Waals surface area contributed by atoms with E-state index in [1.165, 1.54) is 0 Å². The molecule has 4 nitrogen and oxygen atoms in total. The third kappa shape index (κ3) is 3.76. The molecule has 4 heteroatoms. The van der Waals surface area contributed by atoms with Gasteiger partial charge in [0.25, 0.3) is 0 Å². The average molecular weight is 218 g/mol. The molecule has 1 aromatic carbocycles. The molecule has 0 fully saturated rings. The molecule has 86 valence electrons. The Morgan fingerprint density at radius 3 is 2.00 bits per heavy atom. The molecule has 0 aliphatic heterocycles. The Balaban J connectivity index is 2.69. The Hall–Kier alpha value is -1.78. The van der Waals surface area contributed by atoms with Crippen LogP contribution in [0, 0.1) is 0 Å². The Morgan fingerprint density at radius 1 is 1.06 bits per heavy atom. The summed E-state index contributed by atoms with van der Waals surface area (Å²) in [5, 5.41) is 1.82. The highest BCUT2D eigenvalue weighted by Crippen LogP contribution is 2.12. The molecule has 0 aliphatic carbocycles. The van der Waals surface area contributed by atoms with Crippen molar-refractivity contribution < 1.29 is 0 Å². The molecule has 4 N–H and O–H groups in total. The van der Waals surface area contributed by atoms with Crippen LogP contribution in [0.2, 0.25) is 0 Å². The number of benzene rings is 1. The molecule has 0 heterocycles. The van der Waals surface area contributed by atoms with Crippen molar-refractivity contribution >= 4 is 11.4 Å². The molecule has 0 unspecified atom stereocenters. The van der Waals surface area contributed by atoms with Gasteiger partial charge >= 0.3 is 0 Å². The number of hydrazine groups is 2. The standard InChI is InChI=1S/C12H18N4/c1-3-9-14-16(15-10-4-2)12-7-5-11(13)6-8-12/h3-8,14-15H,1-2,9-10,13H2. The van der Waals surface area contributed by atoms with E-state index in [1.807, 2.05) is 29.4 Å². The lowest BCUT2D eigenvalue weighted by molar-refractivity contribution is 0.575. The van der Waals surface area contributed by atoms with Gasteiger partial charge in [0, 0.05) is 18.8 Å². The van der Waals surface area contributed by atoms with Crippen molar-refractivity contribution in [3.8, 4) is 0 Å². The Kier molecular flexibility index (Phi) is 5.11. The SMILES string of the molecule is C=CCNN(NCC=C)c1ccc(N)cc1. The Bertz CT molecular complexity index is 319. The fourth-order valence-corrected chi connectivity index (χ4v) is 1.17. The van der Waals surface area contributed by atoms with E-state index in [-0.39, 0.29) is 0 Å². The summed E-state index contributed by atoms with van der Waals surface area (Å²) < 4.78 is 0. The Labute approximate surface area is 96.4 Å². The minimum atomic E-state index is 0.675. The van der Waals surface area contributed by atoms with Gasteiger partial charge in [-0.2, -0.15) is 0 Å². The predicted octanol–water partition coefficient (Wildman–Crippen LogP) is 1.46. The van der Waals surface area contributed by atoms with E-state index >= 15 is 0 Å². The lowest BCUT2D eigenvalue weighted by atomic mass is 10.3. The number of nitrogen functional groups attached to an aromatic ring is 1. The number of rotatable bonds is 7. The monoisotopic (exact) mass is 218 g/mol. The van der Waals surface area contributed by atoms with Crippen LogP contribution in [0.3, 0.4) is 0 Å². The van der Waals surface area contributed by atoms with Gasteiger partial charge in [0.2, 0.25) is 0 Å². The lowest BCUT2D eigenvalue weighted by Crippen LogP contribution is -2.48. The predicted molar refractivity (Wildman–Crippen MR) is 69.7 cm³/mol. The van der Waals surface area contributed by atoms with Crippen molar-refractivity contribution in [2.45, 2.75) is 0 Å². The van der Waals surface area contributed by atoms with E-state index in [0.29, 0.717) is 13.1 Å². The second kappa shape index (κ2) is 6.66. The minimum Gasteiger partial charge on any atom is -0.399 e. The van der Waals surface area contributed by atoms with E-state index in [0.717, 1.165) is 11.4 Å². The van der Waals surface area contributed by atoms with Gasteiger partial charge in [0.05, 0.1) is 5.69 Å². The molecule has 0 aliphatic rings. The number of nitrogens with one attached hydrogen (secondary N) is 2. The summed E-state index contributed by atoms with van der Waals surface area (Å²) in [4.78, 5) is 0. The van der Waals surface area contributed by atoms with Gasteiger partial charge in [-0.3, -0.25) is 0 Å². The maximum Gasteiger partial charge on any atom is 0.0703 e. The minimum absolute atomic E-state index is 0.675. The van der Waals surface area contributed by atoms with Crippen LogP contribution >= 0.6 is 0 Å². The van der Waals surface area contributed by atoms with Crippen LogP contribution in [-0.4, -0.2) is 13.1 Å². The normalized spacial score (nSPS) is 9.75. The zero-order valence-corrected chi connectivity index (χ0v) is 9.32. The summed E-state index contributed by atoms with van der Waals surface area (Å²) in [7, 11) is 0. The molecule has 0 bridgehead atoms. The van der Waals surface area contributed by atoms with E-state index in [9.17, 15) is 0 Å². The third-order valence-electron chi connectivity index (χ3n) is 1.94. The molecule has 0 aromatic heterocycles. The maximum atomic E-state index is 5.64. The van der Waals surface area contributed by atoms with Gasteiger partial charge in [-0.15, -0.1) is 13.2 Å². The highest BCUT2D eigenvalue weighted by molar-refractivity contribution is 5.51. The van der Waals surface area contributed by atoms with Crippen LogP contribution in [0.5, 0.6) is 0 Å². The summed E-state index contributed by atoms with van der Waals surface area (Å²) in [6.45, 7) is 8.68. The van der Waals surface area contributed by atoms with Crippen molar-refractivity contribution in [2.24, 2.45) is 0 Å². The van der Waals surface area contributed by atoms with Gasteiger partial charge in [0.15, 0.2) is 0 Å². The van der Waals surface area contributed by atoms with Gasteiger partial charge in [-0.1, -0.05) is 12.2 Å². The van der Waals surface area contributed by atoms with Crippen molar-refractivity contribution in [2.75, 3.05) is 23.9 Å². The molecule has 0 spiro atoms. The molecular weight excluding hydrogens is 200 g/mol. The van der Waals surface area contributed by atoms with Crippen molar-refractivity contribution in [3.05, 3.63) is 49.6 Å². The van der Waals surface area contributed by atoms with Crippen molar-refractivity contribution in [1.29, 1.82) is 0 Å². The van der Waals surface area contributed by atoms with Crippen LogP contribution < -0.4 is 21.7 Å². The van der Waals surface area contributed by atoms with E-state index in [4.69, 9.17) is 5.73 Å². The Morgan fingerprint density at radius 2 is 1.56 bits per heavy atom. The molecular formula is C12H18N4.